The monoisotopic (exact) mass is 256 g/mol. The van der Waals surface area contributed by atoms with Crippen LogP contribution in [0.5, 0.6) is 0 Å². The van der Waals surface area contributed by atoms with Crippen molar-refractivity contribution >= 4 is 11.9 Å². The molecule has 18 heavy (non-hydrogen) atoms. The molecule has 0 aliphatic carbocycles. The van der Waals surface area contributed by atoms with Crippen molar-refractivity contribution in [2.24, 2.45) is 16.7 Å². The summed E-state index contributed by atoms with van der Waals surface area (Å²) < 4.78 is 10.2. The predicted molar refractivity (Wildman–Crippen MR) is 67.9 cm³/mol. The van der Waals surface area contributed by atoms with Crippen LogP contribution in [-0.4, -0.2) is 24.6 Å². The number of rotatable bonds is 3. The molecule has 0 N–H and O–H groups in total. The summed E-state index contributed by atoms with van der Waals surface area (Å²) in [6, 6.07) is 0. The van der Waals surface area contributed by atoms with Gasteiger partial charge in [-0.3, -0.25) is 4.79 Å². The minimum Gasteiger partial charge on any atom is -0.463 e. The minimum atomic E-state index is -0.724. The molecule has 0 amide bonds. The van der Waals surface area contributed by atoms with Crippen LogP contribution in [0, 0.1) is 16.7 Å². The van der Waals surface area contributed by atoms with E-state index >= 15 is 0 Å². The van der Waals surface area contributed by atoms with Gasteiger partial charge < -0.3 is 9.47 Å². The first-order valence-corrected chi connectivity index (χ1v) is 6.48. The fourth-order valence-electron chi connectivity index (χ4n) is 2.24. The van der Waals surface area contributed by atoms with Crippen molar-refractivity contribution in [1.82, 2.24) is 0 Å². The zero-order valence-electron chi connectivity index (χ0n) is 12.2. The lowest BCUT2D eigenvalue weighted by Gasteiger charge is -2.43. The van der Waals surface area contributed by atoms with Gasteiger partial charge in [-0.25, -0.2) is 4.79 Å². The molecule has 0 spiro atoms. The topological polar surface area (TPSA) is 52.6 Å². The smallest absolute Gasteiger partial charge is 0.347 e. The quantitative estimate of drug-likeness (QED) is 0.728. The molecule has 4 nitrogen and oxygen atoms in total. The van der Waals surface area contributed by atoms with E-state index in [1.807, 2.05) is 41.5 Å². The van der Waals surface area contributed by atoms with E-state index in [-0.39, 0.29) is 17.3 Å². The Morgan fingerprint density at radius 1 is 1.33 bits per heavy atom. The van der Waals surface area contributed by atoms with Gasteiger partial charge in [-0.15, -0.1) is 0 Å². The largest absolute Gasteiger partial charge is 0.463 e. The van der Waals surface area contributed by atoms with Crippen LogP contribution < -0.4 is 0 Å². The van der Waals surface area contributed by atoms with E-state index in [2.05, 4.69) is 0 Å². The van der Waals surface area contributed by atoms with Gasteiger partial charge in [0.2, 0.25) is 6.10 Å². The number of ether oxygens (including phenoxy) is 2. The van der Waals surface area contributed by atoms with Crippen molar-refractivity contribution in [3.05, 3.63) is 0 Å². The molecule has 1 saturated heterocycles. The molecule has 0 aromatic heterocycles. The average molecular weight is 256 g/mol. The van der Waals surface area contributed by atoms with Gasteiger partial charge in [0, 0.05) is 6.42 Å². The lowest BCUT2D eigenvalue weighted by Crippen LogP contribution is -2.47. The van der Waals surface area contributed by atoms with Crippen LogP contribution in [0.2, 0.25) is 0 Å². The Balaban J connectivity index is 2.88. The number of carbonyl (C=O) groups is 2. The third-order valence-electron chi connectivity index (χ3n) is 4.27. The summed E-state index contributed by atoms with van der Waals surface area (Å²) in [6.07, 6.45) is -0.263. The third kappa shape index (κ3) is 2.52. The van der Waals surface area contributed by atoms with Crippen molar-refractivity contribution in [2.75, 3.05) is 6.61 Å². The number of cyclic esters (lactones) is 1. The molecule has 1 aliphatic heterocycles. The highest BCUT2D eigenvalue weighted by molar-refractivity contribution is 5.83. The summed E-state index contributed by atoms with van der Waals surface area (Å²) in [6.45, 7) is 12.3. The molecule has 2 unspecified atom stereocenters. The van der Waals surface area contributed by atoms with Gasteiger partial charge in [0.1, 0.15) is 0 Å². The second kappa shape index (κ2) is 4.90. The first-order valence-electron chi connectivity index (χ1n) is 6.48. The lowest BCUT2D eigenvalue weighted by molar-refractivity contribution is -0.176. The van der Waals surface area contributed by atoms with Gasteiger partial charge in [-0.1, -0.05) is 34.6 Å². The van der Waals surface area contributed by atoms with Gasteiger partial charge in [0.15, 0.2) is 0 Å². The van der Waals surface area contributed by atoms with E-state index < -0.39 is 17.5 Å². The zero-order chi connectivity index (χ0) is 14.1. The van der Waals surface area contributed by atoms with Crippen molar-refractivity contribution in [2.45, 2.75) is 54.1 Å². The highest BCUT2D eigenvalue weighted by atomic mass is 16.6. The molecule has 0 radical (unpaired) electrons. The van der Waals surface area contributed by atoms with Gasteiger partial charge in [-0.05, 0) is 18.3 Å². The second-order valence-corrected chi connectivity index (χ2v) is 6.46. The normalized spacial score (nSPS) is 23.7. The van der Waals surface area contributed by atoms with E-state index in [1.165, 1.54) is 0 Å². The van der Waals surface area contributed by atoms with E-state index in [1.54, 1.807) is 0 Å². The molecule has 1 fully saturated rings. The maximum Gasteiger partial charge on any atom is 0.347 e. The van der Waals surface area contributed by atoms with Crippen LogP contribution >= 0.6 is 0 Å². The van der Waals surface area contributed by atoms with Crippen molar-refractivity contribution in [3.63, 3.8) is 0 Å². The zero-order valence-corrected chi connectivity index (χ0v) is 12.2. The first-order chi connectivity index (χ1) is 8.10. The van der Waals surface area contributed by atoms with Crippen LogP contribution in [0.3, 0.4) is 0 Å². The van der Waals surface area contributed by atoms with Crippen molar-refractivity contribution in [1.29, 1.82) is 0 Å². The van der Waals surface area contributed by atoms with Gasteiger partial charge in [0.05, 0.1) is 12.0 Å². The molecule has 0 aromatic rings. The fourth-order valence-corrected chi connectivity index (χ4v) is 2.24. The van der Waals surface area contributed by atoms with Crippen molar-refractivity contribution < 1.29 is 19.1 Å². The molecule has 0 bridgehead atoms. The number of hydrogen-bond donors (Lipinski definition) is 0. The predicted octanol–water partition coefficient (Wildman–Crippen LogP) is 2.55. The molecule has 104 valence electrons. The molecule has 2 atom stereocenters. The summed E-state index contributed by atoms with van der Waals surface area (Å²) >= 11 is 0. The lowest BCUT2D eigenvalue weighted by atomic mass is 9.62. The Morgan fingerprint density at radius 3 is 2.22 bits per heavy atom. The second-order valence-electron chi connectivity index (χ2n) is 6.46. The highest BCUT2D eigenvalue weighted by Crippen LogP contribution is 2.45. The third-order valence-corrected chi connectivity index (χ3v) is 4.27. The molecule has 1 aliphatic rings. The van der Waals surface area contributed by atoms with E-state index in [0.29, 0.717) is 13.0 Å². The van der Waals surface area contributed by atoms with Crippen LogP contribution in [0.1, 0.15) is 48.0 Å². The molecular formula is C14H24O4. The number of hydrogen-bond acceptors (Lipinski definition) is 4. The summed E-state index contributed by atoms with van der Waals surface area (Å²) in [7, 11) is 0. The van der Waals surface area contributed by atoms with E-state index in [9.17, 15) is 9.59 Å². The number of carbonyl (C=O) groups excluding carboxylic acids is 2. The Kier molecular flexibility index (Phi) is 4.08. The van der Waals surface area contributed by atoms with Crippen LogP contribution in [0.25, 0.3) is 0 Å². The number of esters is 2. The molecule has 1 rings (SSSR count). The summed E-state index contributed by atoms with van der Waals surface area (Å²) in [4.78, 5) is 23.8. The highest BCUT2D eigenvalue weighted by Gasteiger charge is 2.49. The fraction of sp³-hybridized carbons (Fsp3) is 0.857. The SMILES string of the molecule is CC(C)C(C)(C(=O)OC1CCOC1=O)C(C)(C)C. The molecule has 0 aromatic carbocycles. The Bertz CT molecular complexity index is 340. The molecule has 0 saturated carbocycles. The van der Waals surface area contributed by atoms with Crippen molar-refractivity contribution in [3.8, 4) is 0 Å². The first kappa shape index (κ1) is 15.0. The van der Waals surface area contributed by atoms with Crippen LogP contribution in [0.15, 0.2) is 0 Å². The van der Waals surface area contributed by atoms with E-state index in [4.69, 9.17) is 9.47 Å². The van der Waals surface area contributed by atoms with Crippen LogP contribution in [-0.2, 0) is 19.1 Å². The summed E-state index contributed by atoms with van der Waals surface area (Å²) in [5, 5.41) is 0. The molecule has 4 heteroatoms. The minimum absolute atomic E-state index is 0.127. The Morgan fingerprint density at radius 2 is 1.89 bits per heavy atom. The van der Waals surface area contributed by atoms with Gasteiger partial charge in [-0.2, -0.15) is 0 Å². The van der Waals surface area contributed by atoms with Gasteiger partial charge in [0.25, 0.3) is 0 Å². The average Bonchev–Trinajstić information content (AvgIpc) is 2.61. The van der Waals surface area contributed by atoms with E-state index in [0.717, 1.165) is 0 Å². The van der Waals surface area contributed by atoms with Gasteiger partial charge >= 0.3 is 11.9 Å². The maximum absolute atomic E-state index is 12.4. The summed E-state index contributed by atoms with van der Waals surface area (Å²) in [5.41, 5.74) is -0.864. The Labute approximate surface area is 109 Å². The standard InChI is InChI=1S/C14H24O4/c1-9(2)14(6,13(3,4)5)12(16)18-10-7-8-17-11(10)15/h9-10H,7-8H2,1-6H3. The molecule has 1 heterocycles. The maximum atomic E-state index is 12.4. The summed E-state index contributed by atoms with van der Waals surface area (Å²) in [5.74, 6) is -0.611. The Hall–Kier alpha value is -1.06. The molecular weight excluding hydrogens is 232 g/mol. The van der Waals surface area contributed by atoms with Crippen LogP contribution in [0.4, 0.5) is 0 Å².